The molecule has 0 bridgehead atoms. The summed E-state index contributed by atoms with van der Waals surface area (Å²) in [7, 11) is 0. The van der Waals surface area contributed by atoms with E-state index in [4.69, 9.17) is 15.6 Å². The molecule has 1 aromatic carbocycles. The Morgan fingerprint density at radius 3 is 2.90 bits per heavy atom. The number of anilines is 2. The fraction of sp³-hybridized carbons (Fsp3) is 0.533. The van der Waals surface area contributed by atoms with E-state index in [2.05, 4.69) is 4.90 Å². The standard InChI is InChI=1S/C15H19FN2O3/c16-10-8-13(11(17)7-9(10)15(19)20)18-5-6-21-14-4-2-1-3-12(14)18/h7-8,12,14H,1-6,17H2,(H,19,20). The summed E-state index contributed by atoms with van der Waals surface area (Å²) in [5.74, 6) is -2.05. The lowest BCUT2D eigenvalue weighted by molar-refractivity contribution is -0.00864. The maximum Gasteiger partial charge on any atom is 0.338 e. The maximum absolute atomic E-state index is 14.0. The number of hydrogen-bond donors (Lipinski definition) is 2. The Labute approximate surface area is 122 Å². The fourth-order valence-corrected chi connectivity index (χ4v) is 3.39. The summed E-state index contributed by atoms with van der Waals surface area (Å²) in [4.78, 5) is 13.0. The Hall–Kier alpha value is -1.82. The van der Waals surface area contributed by atoms with Gasteiger partial charge < -0.3 is 20.5 Å². The van der Waals surface area contributed by atoms with Gasteiger partial charge in [0, 0.05) is 12.6 Å². The van der Waals surface area contributed by atoms with Gasteiger partial charge in [-0.3, -0.25) is 0 Å². The number of aromatic carboxylic acids is 1. The second kappa shape index (κ2) is 5.52. The number of nitrogens with zero attached hydrogens (tertiary/aromatic N) is 1. The van der Waals surface area contributed by atoms with E-state index in [9.17, 15) is 9.18 Å². The number of carboxylic acid groups (broad SMARTS) is 1. The van der Waals surface area contributed by atoms with Gasteiger partial charge in [-0.2, -0.15) is 0 Å². The van der Waals surface area contributed by atoms with E-state index in [1.807, 2.05) is 0 Å². The lowest BCUT2D eigenvalue weighted by Crippen LogP contribution is -2.53. The van der Waals surface area contributed by atoms with Crippen molar-refractivity contribution in [3.63, 3.8) is 0 Å². The van der Waals surface area contributed by atoms with Crippen LogP contribution in [0.15, 0.2) is 12.1 Å². The monoisotopic (exact) mass is 294 g/mol. The Balaban J connectivity index is 1.95. The predicted octanol–water partition coefficient (Wildman–Crippen LogP) is 2.25. The highest BCUT2D eigenvalue weighted by Crippen LogP contribution is 2.35. The van der Waals surface area contributed by atoms with Crippen molar-refractivity contribution in [2.24, 2.45) is 0 Å². The number of fused-ring (bicyclic) bond motifs is 1. The second-order valence-electron chi connectivity index (χ2n) is 5.65. The number of morpholine rings is 1. The number of nitrogens with two attached hydrogens (primary N) is 1. The Kier molecular flexibility index (Phi) is 3.71. The molecule has 0 amide bonds. The van der Waals surface area contributed by atoms with Gasteiger partial charge >= 0.3 is 5.97 Å². The first-order chi connectivity index (χ1) is 10.1. The van der Waals surface area contributed by atoms with E-state index in [1.54, 1.807) is 0 Å². The SMILES string of the molecule is Nc1cc(C(=O)O)c(F)cc1N1CCOC2CCCCC21. The van der Waals surface area contributed by atoms with Crippen molar-refractivity contribution in [1.29, 1.82) is 0 Å². The minimum atomic E-state index is -1.30. The second-order valence-corrected chi connectivity index (χ2v) is 5.65. The first kappa shape index (κ1) is 14.1. The van der Waals surface area contributed by atoms with E-state index >= 15 is 0 Å². The normalized spacial score (nSPS) is 25.5. The molecule has 1 aliphatic carbocycles. The van der Waals surface area contributed by atoms with E-state index in [0.29, 0.717) is 24.5 Å². The van der Waals surface area contributed by atoms with Gasteiger partial charge in [0.25, 0.3) is 0 Å². The molecule has 1 saturated carbocycles. The zero-order chi connectivity index (χ0) is 15.0. The van der Waals surface area contributed by atoms with Crippen LogP contribution in [0.4, 0.5) is 15.8 Å². The van der Waals surface area contributed by atoms with Crippen molar-refractivity contribution in [3.05, 3.63) is 23.5 Å². The van der Waals surface area contributed by atoms with Crippen molar-refractivity contribution in [2.45, 2.75) is 37.8 Å². The van der Waals surface area contributed by atoms with Gasteiger partial charge in [0.2, 0.25) is 0 Å². The maximum atomic E-state index is 14.0. The average molecular weight is 294 g/mol. The molecule has 3 N–H and O–H groups in total. The van der Waals surface area contributed by atoms with Crippen LogP contribution in [0.3, 0.4) is 0 Å². The van der Waals surface area contributed by atoms with E-state index < -0.39 is 11.8 Å². The minimum Gasteiger partial charge on any atom is -0.478 e. The largest absolute Gasteiger partial charge is 0.478 e. The van der Waals surface area contributed by atoms with E-state index in [-0.39, 0.29) is 17.7 Å². The van der Waals surface area contributed by atoms with Gasteiger partial charge in [0.1, 0.15) is 5.82 Å². The van der Waals surface area contributed by atoms with Crippen molar-refractivity contribution < 1.29 is 19.0 Å². The van der Waals surface area contributed by atoms with Crippen LogP contribution >= 0.6 is 0 Å². The molecule has 2 fully saturated rings. The highest BCUT2D eigenvalue weighted by molar-refractivity contribution is 5.91. The molecule has 1 aromatic rings. The van der Waals surface area contributed by atoms with Crippen LogP contribution in [0.5, 0.6) is 0 Å². The van der Waals surface area contributed by atoms with Gasteiger partial charge in [-0.1, -0.05) is 12.8 Å². The first-order valence-corrected chi connectivity index (χ1v) is 7.28. The first-order valence-electron chi connectivity index (χ1n) is 7.28. The molecular formula is C15H19FN2O3. The zero-order valence-electron chi connectivity index (χ0n) is 11.7. The third kappa shape index (κ3) is 2.55. The van der Waals surface area contributed by atoms with E-state index in [0.717, 1.165) is 25.7 Å². The zero-order valence-corrected chi connectivity index (χ0v) is 11.7. The number of benzene rings is 1. The molecule has 2 atom stereocenters. The van der Waals surface area contributed by atoms with Crippen LogP contribution in [0.2, 0.25) is 0 Å². The fourth-order valence-electron chi connectivity index (χ4n) is 3.39. The van der Waals surface area contributed by atoms with Crippen molar-refractivity contribution in [3.8, 4) is 0 Å². The van der Waals surface area contributed by atoms with Crippen LogP contribution < -0.4 is 10.6 Å². The molecule has 0 aromatic heterocycles. The summed E-state index contributed by atoms with van der Waals surface area (Å²) in [6, 6.07) is 2.65. The molecule has 0 radical (unpaired) electrons. The highest BCUT2D eigenvalue weighted by atomic mass is 19.1. The van der Waals surface area contributed by atoms with Gasteiger partial charge in [-0.25, -0.2) is 9.18 Å². The molecule has 6 heteroatoms. The smallest absolute Gasteiger partial charge is 0.338 e. The molecule has 3 rings (SSSR count). The Morgan fingerprint density at radius 2 is 2.14 bits per heavy atom. The number of nitrogen functional groups attached to an aromatic ring is 1. The predicted molar refractivity (Wildman–Crippen MR) is 77.1 cm³/mol. The van der Waals surface area contributed by atoms with Crippen molar-refractivity contribution in [1.82, 2.24) is 0 Å². The number of carboxylic acids is 1. The molecule has 2 unspecified atom stereocenters. The average Bonchev–Trinajstić information content (AvgIpc) is 2.48. The molecule has 1 saturated heterocycles. The third-order valence-electron chi connectivity index (χ3n) is 4.39. The molecule has 1 aliphatic heterocycles. The van der Waals surface area contributed by atoms with Gasteiger partial charge in [-0.05, 0) is 18.9 Å². The quantitative estimate of drug-likeness (QED) is 0.818. The van der Waals surface area contributed by atoms with Gasteiger partial charge in [0.15, 0.2) is 0 Å². The van der Waals surface area contributed by atoms with Crippen LogP contribution in [-0.2, 0) is 4.74 Å². The lowest BCUT2D eigenvalue weighted by atomic mass is 9.89. The number of halogens is 1. The van der Waals surface area contributed by atoms with Gasteiger partial charge in [-0.15, -0.1) is 0 Å². The van der Waals surface area contributed by atoms with Crippen LogP contribution in [0, 0.1) is 5.82 Å². The summed E-state index contributed by atoms with van der Waals surface area (Å²) in [5.41, 5.74) is 6.47. The topological polar surface area (TPSA) is 75.8 Å². The molecule has 1 heterocycles. The summed E-state index contributed by atoms with van der Waals surface area (Å²) >= 11 is 0. The molecule has 5 nitrogen and oxygen atoms in total. The van der Waals surface area contributed by atoms with Gasteiger partial charge in [0.05, 0.1) is 35.7 Å². The highest BCUT2D eigenvalue weighted by Gasteiger charge is 2.35. The summed E-state index contributed by atoms with van der Waals surface area (Å²) in [5, 5.41) is 8.95. The molecule has 2 aliphatic rings. The minimum absolute atomic E-state index is 0.161. The van der Waals surface area contributed by atoms with Crippen molar-refractivity contribution >= 4 is 17.3 Å². The number of hydrogen-bond acceptors (Lipinski definition) is 4. The molecule has 21 heavy (non-hydrogen) atoms. The number of ether oxygens (including phenoxy) is 1. The Morgan fingerprint density at radius 1 is 1.38 bits per heavy atom. The number of rotatable bonds is 2. The van der Waals surface area contributed by atoms with E-state index in [1.165, 1.54) is 12.1 Å². The van der Waals surface area contributed by atoms with Crippen LogP contribution in [0.25, 0.3) is 0 Å². The van der Waals surface area contributed by atoms with Crippen LogP contribution in [0.1, 0.15) is 36.0 Å². The Bertz CT molecular complexity index is 562. The van der Waals surface area contributed by atoms with Crippen LogP contribution in [-0.4, -0.2) is 36.4 Å². The summed E-state index contributed by atoms with van der Waals surface area (Å²) < 4.78 is 19.8. The molecule has 0 spiro atoms. The summed E-state index contributed by atoms with van der Waals surface area (Å²) in [6.45, 7) is 1.24. The lowest BCUT2D eigenvalue weighted by Gasteiger charge is -2.45. The molecule has 114 valence electrons. The summed E-state index contributed by atoms with van der Waals surface area (Å²) in [6.07, 6.45) is 4.44. The third-order valence-corrected chi connectivity index (χ3v) is 4.39. The van der Waals surface area contributed by atoms with Crippen molar-refractivity contribution in [2.75, 3.05) is 23.8 Å². The molecular weight excluding hydrogens is 275 g/mol. The number of carbonyl (C=O) groups is 1.